The number of ether oxygens (including phenoxy) is 1. The molecule has 0 bridgehead atoms. The number of amides is 3. The topological polar surface area (TPSA) is 87.7 Å². The average molecular weight is 474 g/mol. The smallest absolute Gasteiger partial charge is 0.283 e. The van der Waals surface area contributed by atoms with E-state index in [4.69, 9.17) is 27.9 Å². The minimum absolute atomic E-state index is 0.0345. The second-order valence-electron chi connectivity index (χ2n) is 7.62. The van der Waals surface area contributed by atoms with Crippen molar-refractivity contribution in [2.75, 3.05) is 23.4 Å². The molecule has 1 fully saturated rings. The number of halogens is 2. The lowest BCUT2D eigenvalue weighted by Crippen LogP contribution is -2.33. The van der Waals surface area contributed by atoms with Crippen molar-refractivity contribution in [3.8, 4) is 0 Å². The molecule has 2 heterocycles. The molecule has 1 atom stereocenters. The highest BCUT2D eigenvalue weighted by Gasteiger charge is 2.39. The first-order valence-corrected chi connectivity index (χ1v) is 10.9. The third-order valence-electron chi connectivity index (χ3n) is 5.35. The summed E-state index contributed by atoms with van der Waals surface area (Å²) in [5.74, 6) is -1.50. The van der Waals surface area contributed by atoms with E-state index in [1.54, 1.807) is 49.4 Å². The molecule has 2 N–H and O–H groups in total. The lowest BCUT2D eigenvalue weighted by atomic mass is 10.1. The number of rotatable bonds is 6. The van der Waals surface area contributed by atoms with E-state index in [0.29, 0.717) is 40.7 Å². The molecule has 4 rings (SSSR count). The lowest BCUT2D eigenvalue weighted by Gasteiger charge is -2.18. The Morgan fingerprint density at radius 1 is 1.16 bits per heavy atom. The van der Waals surface area contributed by atoms with E-state index >= 15 is 0 Å². The van der Waals surface area contributed by atoms with Gasteiger partial charge in [-0.25, -0.2) is 4.90 Å². The number of nitrogens with one attached hydrogen (secondary N) is 2. The summed E-state index contributed by atoms with van der Waals surface area (Å²) in [6.45, 7) is 2.92. The molecule has 3 amide bonds. The summed E-state index contributed by atoms with van der Waals surface area (Å²) >= 11 is 12.3. The molecular formula is C23H21Cl2N3O4. The standard InChI is InChI=1S/C23H21Cl2N3O4/c1-13-7-8-15(24)11-18(13)28-22(30)19(25)20(23(28)31)27-16-5-2-4-14(10-16)21(29)26-12-17-6-3-9-32-17/h2,4-5,7-8,10-11,17,27H,3,6,9,12H2,1H3,(H,26,29). The maximum Gasteiger partial charge on any atom is 0.283 e. The number of carbonyl (C=O) groups excluding carboxylic acids is 3. The molecule has 2 aliphatic rings. The monoisotopic (exact) mass is 473 g/mol. The van der Waals surface area contributed by atoms with E-state index in [9.17, 15) is 14.4 Å². The average Bonchev–Trinajstić information content (AvgIpc) is 3.37. The van der Waals surface area contributed by atoms with Crippen molar-refractivity contribution in [1.82, 2.24) is 5.32 Å². The summed E-state index contributed by atoms with van der Waals surface area (Å²) in [7, 11) is 0. The van der Waals surface area contributed by atoms with Gasteiger partial charge in [0.15, 0.2) is 0 Å². The molecule has 0 saturated carbocycles. The van der Waals surface area contributed by atoms with Crippen LogP contribution in [0.1, 0.15) is 28.8 Å². The Hall–Kier alpha value is -2.87. The van der Waals surface area contributed by atoms with Crippen LogP contribution >= 0.6 is 23.2 Å². The largest absolute Gasteiger partial charge is 0.376 e. The van der Waals surface area contributed by atoms with Crippen molar-refractivity contribution >= 4 is 52.3 Å². The van der Waals surface area contributed by atoms with Gasteiger partial charge in [-0.2, -0.15) is 0 Å². The first-order valence-electron chi connectivity index (χ1n) is 10.2. The van der Waals surface area contributed by atoms with Crippen LogP contribution in [0, 0.1) is 6.92 Å². The molecule has 32 heavy (non-hydrogen) atoms. The third kappa shape index (κ3) is 4.50. The minimum Gasteiger partial charge on any atom is -0.376 e. The lowest BCUT2D eigenvalue weighted by molar-refractivity contribution is -0.120. The van der Waals surface area contributed by atoms with Crippen molar-refractivity contribution < 1.29 is 19.1 Å². The second kappa shape index (κ2) is 9.32. The van der Waals surface area contributed by atoms with Gasteiger partial charge in [-0.05, 0) is 55.7 Å². The normalized spacial score (nSPS) is 18.5. The molecule has 2 aliphatic heterocycles. The van der Waals surface area contributed by atoms with Gasteiger partial charge in [-0.3, -0.25) is 14.4 Å². The van der Waals surface area contributed by atoms with E-state index in [-0.39, 0.29) is 22.7 Å². The van der Waals surface area contributed by atoms with Crippen molar-refractivity contribution in [3.63, 3.8) is 0 Å². The number of nitrogens with zero attached hydrogens (tertiary/aromatic N) is 1. The molecule has 0 aliphatic carbocycles. The van der Waals surface area contributed by atoms with E-state index < -0.39 is 11.8 Å². The highest BCUT2D eigenvalue weighted by molar-refractivity contribution is 6.53. The fourth-order valence-corrected chi connectivity index (χ4v) is 4.03. The van der Waals surface area contributed by atoms with E-state index in [2.05, 4.69) is 10.6 Å². The van der Waals surface area contributed by atoms with E-state index in [1.165, 1.54) is 0 Å². The molecular weight excluding hydrogens is 453 g/mol. The Labute approximate surface area is 195 Å². The van der Waals surface area contributed by atoms with Crippen molar-refractivity contribution in [1.29, 1.82) is 0 Å². The molecule has 7 nitrogen and oxygen atoms in total. The molecule has 0 spiro atoms. The van der Waals surface area contributed by atoms with Crippen LogP contribution in [0.2, 0.25) is 5.02 Å². The van der Waals surface area contributed by atoms with Crippen LogP contribution in [-0.2, 0) is 14.3 Å². The van der Waals surface area contributed by atoms with Gasteiger partial charge >= 0.3 is 0 Å². The molecule has 9 heteroatoms. The van der Waals surface area contributed by atoms with Crippen LogP contribution in [0.15, 0.2) is 53.2 Å². The summed E-state index contributed by atoms with van der Waals surface area (Å²) in [6.07, 6.45) is 1.95. The summed E-state index contributed by atoms with van der Waals surface area (Å²) in [6, 6.07) is 11.5. The quantitative estimate of drug-likeness (QED) is 0.619. The Kier molecular flexibility index (Phi) is 6.50. The van der Waals surface area contributed by atoms with Gasteiger partial charge in [0, 0.05) is 29.4 Å². The van der Waals surface area contributed by atoms with Crippen molar-refractivity contribution in [2.24, 2.45) is 0 Å². The number of imide groups is 1. The number of hydrogen-bond acceptors (Lipinski definition) is 5. The molecule has 166 valence electrons. The Bertz CT molecular complexity index is 1130. The zero-order valence-electron chi connectivity index (χ0n) is 17.3. The van der Waals surface area contributed by atoms with Crippen LogP contribution in [0.3, 0.4) is 0 Å². The Morgan fingerprint density at radius 3 is 2.72 bits per heavy atom. The number of benzene rings is 2. The van der Waals surface area contributed by atoms with Crippen LogP contribution in [-0.4, -0.2) is 37.0 Å². The predicted molar refractivity (Wildman–Crippen MR) is 123 cm³/mol. The van der Waals surface area contributed by atoms with E-state index in [0.717, 1.165) is 17.7 Å². The molecule has 1 saturated heterocycles. The maximum atomic E-state index is 13.0. The van der Waals surface area contributed by atoms with Gasteiger partial charge < -0.3 is 15.4 Å². The number of anilines is 2. The van der Waals surface area contributed by atoms with Gasteiger partial charge in [0.25, 0.3) is 17.7 Å². The predicted octanol–water partition coefficient (Wildman–Crippen LogP) is 3.99. The van der Waals surface area contributed by atoms with Gasteiger partial charge in [-0.15, -0.1) is 0 Å². The molecule has 2 aromatic rings. The summed E-state index contributed by atoms with van der Waals surface area (Å²) in [4.78, 5) is 39.2. The van der Waals surface area contributed by atoms with E-state index in [1.807, 2.05) is 0 Å². The van der Waals surface area contributed by atoms with Crippen LogP contribution < -0.4 is 15.5 Å². The maximum absolute atomic E-state index is 13.0. The van der Waals surface area contributed by atoms with Crippen LogP contribution in [0.25, 0.3) is 0 Å². The van der Waals surface area contributed by atoms with Gasteiger partial charge in [0.1, 0.15) is 10.7 Å². The van der Waals surface area contributed by atoms with Crippen LogP contribution in [0.4, 0.5) is 11.4 Å². The summed E-state index contributed by atoms with van der Waals surface area (Å²) in [5.41, 5.74) is 1.86. The first-order chi connectivity index (χ1) is 15.3. The number of carbonyl (C=O) groups is 3. The third-order valence-corrected chi connectivity index (χ3v) is 5.93. The molecule has 1 unspecified atom stereocenters. The fourth-order valence-electron chi connectivity index (χ4n) is 3.65. The minimum atomic E-state index is -0.644. The first kappa shape index (κ1) is 22.3. The highest BCUT2D eigenvalue weighted by Crippen LogP contribution is 2.33. The second-order valence-corrected chi connectivity index (χ2v) is 8.43. The Balaban J connectivity index is 1.50. The zero-order valence-corrected chi connectivity index (χ0v) is 18.8. The van der Waals surface area contributed by atoms with Gasteiger partial charge in [0.2, 0.25) is 0 Å². The fraction of sp³-hybridized carbons (Fsp3) is 0.261. The van der Waals surface area contributed by atoms with Gasteiger partial charge in [-0.1, -0.05) is 35.3 Å². The molecule has 0 radical (unpaired) electrons. The number of aryl methyl sites for hydroxylation is 1. The molecule has 2 aromatic carbocycles. The summed E-state index contributed by atoms with van der Waals surface area (Å²) in [5, 5.41) is 5.91. The Morgan fingerprint density at radius 2 is 1.97 bits per heavy atom. The zero-order chi connectivity index (χ0) is 22.8. The van der Waals surface area contributed by atoms with Gasteiger partial charge in [0.05, 0.1) is 11.8 Å². The van der Waals surface area contributed by atoms with Crippen molar-refractivity contribution in [2.45, 2.75) is 25.9 Å². The summed E-state index contributed by atoms with van der Waals surface area (Å²) < 4.78 is 5.52. The SMILES string of the molecule is Cc1ccc(Cl)cc1N1C(=O)C(Cl)=C(Nc2cccc(C(=O)NCC3CCCO3)c2)C1=O. The van der Waals surface area contributed by atoms with Crippen LogP contribution in [0.5, 0.6) is 0 Å². The highest BCUT2D eigenvalue weighted by atomic mass is 35.5. The van der Waals surface area contributed by atoms with Crippen molar-refractivity contribution in [3.05, 3.63) is 69.3 Å². The molecule has 0 aromatic heterocycles. The number of hydrogen-bond donors (Lipinski definition) is 2.